The van der Waals surface area contributed by atoms with E-state index < -0.39 is 11.9 Å². The minimum Gasteiger partial charge on any atom is -0.388 e. The van der Waals surface area contributed by atoms with E-state index in [0.29, 0.717) is 22.6 Å². The molecule has 0 fully saturated rings. The van der Waals surface area contributed by atoms with Gasteiger partial charge >= 0.3 is 6.03 Å². The first kappa shape index (κ1) is 20.5. The van der Waals surface area contributed by atoms with Crippen molar-refractivity contribution < 1.29 is 9.59 Å². The Balaban J connectivity index is 1.59. The van der Waals surface area contributed by atoms with Crippen LogP contribution in [0.15, 0.2) is 72.9 Å². The van der Waals surface area contributed by atoms with Gasteiger partial charge in [0.1, 0.15) is 0 Å². The fourth-order valence-electron chi connectivity index (χ4n) is 2.74. The third-order valence-electron chi connectivity index (χ3n) is 4.21. The van der Waals surface area contributed by atoms with Gasteiger partial charge in [-0.15, -0.1) is 0 Å². The quantitative estimate of drug-likeness (QED) is 0.390. The number of benzene rings is 2. The number of hydrogen-bond acceptors (Lipinski definition) is 5. The van der Waals surface area contributed by atoms with Crippen LogP contribution in [0.25, 0.3) is 0 Å². The zero-order chi connectivity index (χ0) is 21.3. The highest BCUT2D eigenvalue weighted by atomic mass is 16.2. The standard InChI is InChI=1S/C22H22N6O2/c1-24-15-7-6-8-16(13-15)27-22(30)26-14-20(29)28-18-10-3-2-9-17(18)21(23)19-11-4-5-12-25-19/h2-13,23-24H,14H2,1H3,(H,28,29)(H2,26,27,30). The molecule has 0 aliphatic carbocycles. The molecule has 5 N–H and O–H groups in total. The van der Waals surface area contributed by atoms with Crippen LogP contribution < -0.4 is 21.3 Å². The lowest BCUT2D eigenvalue weighted by atomic mass is 10.0. The number of amides is 3. The zero-order valence-electron chi connectivity index (χ0n) is 16.4. The molecule has 0 saturated carbocycles. The van der Waals surface area contributed by atoms with Crippen molar-refractivity contribution in [3.05, 3.63) is 84.2 Å². The van der Waals surface area contributed by atoms with Gasteiger partial charge in [-0.2, -0.15) is 0 Å². The van der Waals surface area contributed by atoms with Crippen LogP contribution in [0.2, 0.25) is 0 Å². The van der Waals surface area contributed by atoms with Crippen LogP contribution in [0.1, 0.15) is 11.3 Å². The molecule has 3 aromatic rings. The predicted octanol–water partition coefficient (Wildman–Crippen LogP) is 3.30. The molecule has 30 heavy (non-hydrogen) atoms. The number of nitrogens with one attached hydrogen (secondary N) is 5. The summed E-state index contributed by atoms with van der Waals surface area (Å²) in [5.41, 5.74) is 3.17. The summed E-state index contributed by atoms with van der Waals surface area (Å²) in [5.74, 6) is -0.407. The van der Waals surface area contributed by atoms with Crippen LogP contribution in [0.4, 0.5) is 21.9 Å². The molecule has 0 aliphatic heterocycles. The smallest absolute Gasteiger partial charge is 0.319 e. The maximum atomic E-state index is 12.3. The Morgan fingerprint density at radius 2 is 1.70 bits per heavy atom. The number of anilines is 3. The number of pyridine rings is 1. The van der Waals surface area contributed by atoms with Crippen LogP contribution >= 0.6 is 0 Å². The monoisotopic (exact) mass is 402 g/mol. The van der Waals surface area contributed by atoms with Crippen molar-refractivity contribution in [2.75, 3.05) is 29.5 Å². The van der Waals surface area contributed by atoms with Crippen LogP contribution in [-0.4, -0.2) is 36.2 Å². The molecule has 0 bridgehead atoms. The lowest BCUT2D eigenvalue weighted by Crippen LogP contribution is -2.36. The normalized spacial score (nSPS) is 10.0. The van der Waals surface area contributed by atoms with Gasteiger partial charge < -0.3 is 21.3 Å². The third kappa shape index (κ3) is 5.41. The lowest BCUT2D eigenvalue weighted by Gasteiger charge is -2.13. The summed E-state index contributed by atoms with van der Waals surface area (Å²) in [7, 11) is 1.79. The summed E-state index contributed by atoms with van der Waals surface area (Å²) in [6.07, 6.45) is 1.61. The maximum Gasteiger partial charge on any atom is 0.319 e. The zero-order valence-corrected chi connectivity index (χ0v) is 16.4. The number of rotatable bonds is 7. The Morgan fingerprint density at radius 1 is 0.933 bits per heavy atom. The second kappa shape index (κ2) is 9.83. The average molecular weight is 402 g/mol. The Kier molecular flexibility index (Phi) is 6.73. The Hall–Kier alpha value is -4.20. The first-order valence-corrected chi connectivity index (χ1v) is 9.28. The first-order valence-electron chi connectivity index (χ1n) is 9.28. The molecule has 8 nitrogen and oxygen atoms in total. The Morgan fingerprint density at radius 3 is 2.47 bits per heavy atom. The number of nitrogens with zero attached hydrogens (tertiary/aromatic N) is 1. The van der Waals surface area contributed by atoms with Gasteiger partial charge in [0, 0.05) is 30.2 Å². The summed E-state index contributed by atoms with van der Waals surface area (Å²) < 4.78 is 0. The molecule has 3 rings (SSSR count). The van der Waals surface area contributed by atoms with E-state index in [9.17, 15) is 9.59 Å². The number of para-hydroxylation sites is 1. The highest BCUT2D eigenvalue weighted by Gasteiger charge is 2.13. The van der Waals surface area contributed by atoms with Gasteiger partial charge in [-0.05, 0) is 36.4 Å². The highest BCUT2D eigenvalue weighted by molar-refractivity contribution is 6.14. The molecule has 0 atom stereocenters. The maximum absolute atomic E-state index is 12.3. The van der Waals surface area contributed by atoms with Crippen LogP contribution in [0, 0.1) is 5.41 Å². The Bertz CT molecular complexity index is 1050. The van der Waals surface area contributed by atoms with Crippen LogP contribution in [-0.2, 0) is 4.79 Å². The number of hydrogen-bond donors (Lipinski definition) is 5. The van der Waals surface area contributed by atoms with Crippen molar-refractivity contribution in [3.8, 4) is 0 Å². The van der Waals surface area contributed by atoms with Gasteiger partial charge in [-0.3, -0.25) is 15.2 Å². The SMILES string of the molecule is CNc1cccc(NC(=O)NCC(=O)Nc2ccccc2C(=N)c2ccccn2)c1. The number of carbonyl (C=O) groups excluding carboxylic acids is 2. The molecular formula is C22H22N6O2. The number of aromatic nitrogens is 1. The fraction of sp³-hybridized carbons (Fsp3) is 0.0909. The second-order valence-electron chi connectivity index (χ2n) is 6.32. The minimum atomic E-state index is -0.493. The molecule has 0 unspecified atom stereocenters. The van der Waals surface area contributed by atoms with Crippen molar-refractivity contribution in [2.45, 2.75) is 0 Å². The van der Waals surface area contributed by atoms with Gasteiger partial charge in [0.15, 0.2) is 0 Å². The molecule has 1 aromatic heterocycles. The van der Waals surface area contributed by atoms with Crippen molar-refractivity contribution in [2.24, 2.45) is 0 Å². The molecule has 0 aliphatic rings. The Labute approximate surface area is 174 Å². The largest absolute Gasteiger partial charge is 0.388 e. The summed E-state index contributed by atoms with van der Waals surface area (Å²) in [6, 6.07) is 19.0. The van der Waals surface area contributed by atoms with E-state index in [4.69, 9.17) is 5.41 Å². The topological polar surface area (TPSA) is 119 Å². The van der Waals surface area contributed by atoms with E-state index in [-0.39, 0.29) is 12.3 Å². The summed E-state index contributed by atoms with van der Waals surface area (Å²) >= 11 is 0. The lowest BCUT2D eigenvalue weighted by molar-refractivity contribution is -0.115. The van der Waals surface area contributed by atoms with E-state index in [1.165, 1.54) is 0 Å². The summed E-state index contributed by atoms with van der Waals surface area (Å²) in [5, 5.41) is 19.3. The van der Waals surface area contributed by atoms with Crippen molar-refractivity contribution >= 4 is 34.7 Å². The molecule has 152 valence electrons. The van der Waals surface area contributed by atoms with Gasteiger partial charge in [0.05, 0.1) is 23.6 Å². The number of carbonyl (C=O) groups is 2. The summed E-state index contributed by atoms with van der Waals surface area (Å²) in [4.78, 5) is 28.6. The average Bonchev–Trinajstić information content (AvgIpc) is 2.78. The van der Waals surface area contributed by atoms with Gasteiger partial charge in [0.25, 0.3) is 0 Å². The summed E-state index contributed by atoms with van der Waals surface area (Å²) in [6.45, 7) is -0.219. The molecule has 3 amide bonds. The van der Waals surface area contributed by atoms with E-state index >= 15 is 0 Å². The van der Waals surface area contributed by atoms with E-state index in [0.717, 1.165) is 5.69 Å². The second-order valence-corrected chi connectivity index (χ2v) is 6.32. The number of urea groups is 1. The molecule has 0 spiro atoms. The van der Waals surface area contributed by atoms with E-state index in [1.54, 1.807) is 67.8 Å². The van der Waals surface area contributed by atoms with Gasteiger partial charge in [-0.25, -0.2) is 4.79 Å². The van der Waals surface area contributed by atoms with Crippen LogP contribution in [0.3, 0.4) is 0 Å². The van der Waals surface area contributed by atoms with Crippen molar-refractivity contribution in [1.29, 1.82) is 5.41 Å². The van der Waals surface area contributed by atoms with Gasteiger partial charge in [0.2, 0.25) is 5.91 Å². The highest BCUT2D eigenvalue weighted by Crippen LogP contribution is 2.18. The molecule has 0 saturated heterocycles. The minimum absolute atomic E-state index is 0.196. The van der Waals surface area contributed by atoms with Crippen LogP contribution in [0.5, 0.6) is 0 Å². The predicted molar refractivity (Wildman–Crippen MR) is 118 cm³/mol. The third-order valence-corrected chi connectivity index (χ3v) is 4.21. The first-order chi connectivity index (χ1) is 14.6. The van der Waals surface area contributed by atoms with Crippen molar-refractivity contribution in [1.82, 2.24) is 10.3 Å². The fourth-order valence-corrected chi connectivity index (χ4v) is 2.74. The molecule has 2 aromatic carbocycles. The van der Waals surface area contributed by atoms with E-state index in [2.05, 4.69) is 26.3 Å². The van der Waals surface area contributed by atoms with E-state index in [1.807, 2.05) is 12.1 Å². The molecular weight excluding hydrogens is 380 g/mol. The van der Waals surface area contributed by atoms with Crippen molar-refractivity contribution in [3.63, 3.8) is 0 Å². The molecule has 8 heteroatoms. The van der Waals surface area contributed by atoms with Gasteiger partial charge in [-0.1, -0.05) is 30.3 Å². The molecule has 0 radical (unpaired) electrons. The molecule has 1 heterocycles.